The van der Waals surface area contributed by atoms with Crippen molar-refractivity contribution in [1.82, 2.24) is 20.4 Å². The van der Waals surface area contributed by atoms with Gasteiger partial charge in [0.1, 0.15) is 5.15 Å². The van der Waals surface area contributed by atoms with Crippen molar-refractivity contribution in [1.29, 1.82) is 0 Å². The third kappa shape index (κ3) is 8.19. The monoisotopic (exact) mass is 460 g/mol. The number of esters is 1. The third-order valence-corrected chi connectivity index (χ3v) is 4.95. The number of rotatable bonds is 9. The van der Waals surface area contributed by atoms with Crippen LogP contribution in [0.1, 0.15) is 42.7 Å². The number of amides is 3. The number of aryl methyl sites for hydroxylation is 2. The molecule has 1 heterocycles. The van der Waals surface area contributed by atoms with Gasteiger partial charge in [0, 0.05) is 18.2 Å². The molecule has 0 radical (unpaired) electrons. The molecule has 2 N–H and O–H groups in total. The molecule has 0 aliphatic carbocycles. The Morgan fingerprint density at radius 3 is 2.53 bits per heavy atom. The van der Waals surface area contributed by atoms with Crippen LogP contribution in [0.4, 0.5) is 4.79 Å². The van der Waals surface area contributed by atoms with Gasteiger partial charge in [-0.1, -0.05) is 55.3 Å². The number of halogens is 1. The summed E-state index contributed by atoms with van der Waals surface area (Å²) >= 11 is 6.43. The molecule has 8 nitrogen and oxygen atoms in total. The molecule has 0 fully saturated rings. The number of nitrogens with zero attached hydrogens (tertiary/aromatic N) is 2. The van der Waals surface area contributed by atoms with Gasteiger partial charge in [-0.2, -0.15) is 5.10 Å². The van der Waals surface area contributed by atoms with Gasteiger partial charge < -0.3 is 10.1 Å². The van der Waals surface area contributed by atoms with Crippen LogP contribution in [0.3, 0.4) is 0 Å². The zero-order valence-corrected chi connectivity index (χ0v) is 19.5. The number of urea groups is 1. The molecule has 2 aromatic rings. The summed E-state index contributed by atoms with van der Waals surface area (Å²) in [6.07, 6.45) is 3.46. The fourth-order valence-electron chi connectivity index (χ4n) is 2.75. The number of aromatic nitrogens is 2. The second kappa shape index (κ2) is 12.0. The van der Waals surface area contributed by atoms with E-state index < -0.39 is 24.5 Å². The SMILES string of the molecule is Cc1ccc(Cn2nc(C)c(C=CC(=O)OCC(=O)NC(=O)NCCC(C)C)c2Cl)cc1. The molecule has 0 saturated heterocycles. The van der Waals surface area contributed by atoms with Gasteiger partial charge in [-0.3, -0.25) is 10.1 Å². The largest absolute Gasteiger partial charge is 0.452 e. The summed E-state index contributed by atoms with van der Waals surface area (Å²) in [5.74, 6) is -1.01. The molecule has 32 heavy (non-hydrogen) atoms. The van der Waals surface area contributed by atoms with Crippen molar-refractivity contribution in [2.75, 3.05) is 13.2 Å². The summed E-state index contributed by atoms with van der Waals surface area (Å²) in [6.45, 7) is 8.24. The Balaban J connectivity index is 1.85. The number of hydrogen-bond acceptors (Lipinski definition) is 5. The molecule has 1 aromatic carbocycles. The van der Waals surface area contributed by atoms with Crippen LogP contribution in [0, 0.1) is 19.8 Å². The van der Waals surface area contributed by atoms with E-state index in [2.05, 4.69) is 15.7 Å². The highest BCUT2D eigenvalue weighted by Gasteiger charge is 2.13. The number of carbonyl (C=O) groups excluding carboxylic acids is 3. The smallest absolute Gasteiger partial charge is 0.331 e. The van der Waals surface area contributed by atoms with Crippen molar-refractivity contribution >= 4 is 35.6 Å². The number of nitrogens with one attached hydrogen (secondary N) is 2. The van der Waals surface area contributed by atoms with E-state index in [-0.39, 0.29) is 0 Å². The van der Waals surface area contributed by atoms with Crippen molar-refractivity contribution in [3.05, 3.63) is 57.9 Å². The van der Waals surface area contributed by atoms with E-state index in [1.54, 1.807) is 11.6 Å². The maximum atomic E-state index is 11.9. The van der Waals surface area contributed by atoms with Crippen LogP contribution >= 0.6 is 11.6 Å². The zero-order valence-electron chi connectivity index (χ0n) is 18.8. The van der Waals surface area contributed by atoms with Gasteiger partial charge in [-0.05, 0) is 37.8 Å². The summed E-state index contributed by atoms with van der Waals surface area (Å²) in [7, 11) is 0. The molecule has 1 aromatic heterocycles. The predicted octanol–water partition coefficient (Wildman–Crippen LogP) is 3.63. The first-order valence-corrected chi connectivity index (χ1v) is 10.7. The van der Waals surface area contributed by atoms with Gasteiger partial charge in [-0.15, -0.1) is 0 Å². The summed E-state index contributed by atoms with van der Waals surface area (Å²) in [5.41, 5.74) is 3.46. The van der Waals surface area contributed by atoms with E-state index >= 15 is 0 Å². The highest BCUT2D eigenvalue weighted by atomic mass is 35.5. The van der Waals surface area contributed by atoms with Crippen molar-refractivity contribution in [3.63, 3.8) is 0 Å². The summed E-state index contributed by atoms with van der Waals surface area (Å²) in [4.78, 5) is 35.3. The predicted molar refractivity (Wildman–Crippen MR) is 123 cm³/mol. The van der Waals surface area contributed by atoms with E-state index in [1.165, 1.54) is 17.7 Å². The van der Waals surface area contributed by atoms with Crippen LogP contribution in [0.2, 0.25) is 5.15 Å². The zero-order chi connectivity index (χ0) is 23.7. The number of imide groups is 1. The van der Waals surface area contributed by atoms with E-state index in [0.717, 1.165) is 12.0 Å². The average molecular weight is 461 g/mol. The van der Waals surface area contributed by atoms with E-state index in [1.807, 2.05) is 45.0 Å². The first-order chi connectivity index (χ1) is 15.2. The summed E-state index contributed by atoms with van der Waals surface area (Å²) in [5, 5.41) is 9.48. The molecule has 0 unspecified atom stereocenters. The maximum Gasteiger partial charge on any atom is 0.331 e. The van der Waals surface area contributed by atoms with Gasteiger partial charge in [0.2, 0.25) is 0 Å². The van der Waals surface area contributed by atoms with Gasteiger partial charge >= 0.3 is 12.0 Å². The van der Waals surface area contributed by atoms with E-state index in [0.29, 0.717) is 35.4 Å². The topological polar surface area (TPSA) is 102 Å². The quantitative estimate of drug-likeness (QED) is 0.439. The Bertz CT molecular complexity index is 981. The minimum absolute atomic E-state index is 0.392. The first kappa shape index (κ1) is 25.1. The van der Waals surface area contributed by atoms with E-state index in [4.69, 9.17) is 16.3 Å². The summed E-state index contributed by atoms with van der Waals surface area (Å²) in [6, 6.07) is 7.42. The third-order valence-electron chi connectivity index (χ3n) is 4.55. The normalized spacial score (nSPS) is 11.1. The molecule has 2 rings (SSSR count). The molecule has 172 valence electrons. The Hall–Kier alpha value is -3.13. The van der Waals surface area contributed by atoms with Crippen LogP contribution in [0.25, 0.3) is 6.08 Å². The molecule has 3 amide bonds. The first-order valence-electron chi connectivity index (χ1n) is 10.4. The lowest BCUT2D eigenvalue weighted by Gasteiger charge is -2.08. The van der Waals surface area contributed by atoms with E-state index in [9.17, 15) is 14.4 Å². The fourth-order valence-corrected chi connectivity index (χ4v) is 3.04. The Morgan fingerprint density at radius 2 is 1.88 bits per heavy atom. The van der Waals surface area contributed by atoms with Gasteiger partial charge in [0.15, 0.2) is 6.61 Å². The molecule has 9 heteroatoms. The minimum Gasteiger partial charge on any atom is -0.452 e. The van der Waals surface area contributed by atoms with Gasteiger partial charge in [0.05, 0.1) is 12.2 Å². The van der Waals surface area contributed by atoms with Crippen LogP contribution in [-0.2, 0) is 20.9 Å². The van der Waals surface area contributed by atoms with Crippen LogP contribution in [-0.4, -0.2) is 40.8 Å². The van der Waals surface area contributed by atoms with Crippen LogP contribution in [0.5, 0.6) is 0 Å². The van der Waals surface area contributed by atoms with Crippen molar-refractivity contribution in [3.8, 4) is 0 Å². The Morgan fingerprint density at radius 1 is 1.19 bits per heavy atom. The lowest BCUT2D eigenvalue weighted by atomic mass is 10.1. The lowest BCUT2D eigenvalue weighted by Crippen LogP contribution is -2.41. The second-order valence-corrected chi connectivity index (χ2v) is 8.22. The molecule has 0 aliphatic heterocycles. The maximum absolute atomic E-state index is 11.9. The number of hydrogen-bond donors (Lipinski definition) is 2. The van der Waals surface area contributed by atoms with Gasteiger partial charge in [0.25, 0.3) is 5.91 Å². The highest BCUT2D eigenvalue weighted by molar-refractivity contribution is 6.31. The summed E-state index contributed by atoms with van der Waals surface area (Å²) < 4.78 is 6.53. The Kier molecular flexibility index (Phi) is 9.46. The van der Waals surface area contributed by atoms with Crippen molar-refractivity contribution < 1.29 is 19.1 Å². The highest BCUT2D eigenvalue weighted by Crippen LogP contribution is 2.22. The van der Waals surface area contributed by atoms with Crippen molar-refractivity contribution in [2.24, 2.45) is 5.92 Å². The number of carbonyl (C=O) groups is 3. The molecule has 0 aliphatic rings. The molecule has 0 spiro atoms. The van der Waals surface area contributed by atoms with Crippen LogP contribution < -0.4 is 10.6 Å². The van der Waals surface area contributed by atoms with Crippen molar-refractivity contribution in [2.45, 2.75) is 40.7 Å². The van der Waals surface area contributed by atoms with Crippen LogP contribution in [0.15, 0.2) is 30.3 Å². The number of benzene rings is 1. The molecular formula is C23H29ClN4O4. The lowest BCUT2D eigenvalue weighted by molar-refractivity contribution is -0.143. The average Bonchev–Trinajstić information content (AvgIpc) is 2.98. The van der Waals surface area contributed by atoms with Gasteiger partial charge in [-0.25, -0.2) is 14.3 Å². The molecule has 0 saturated carbocycles. The Labute approximate surface area is 193 Å². The fraction of sp³-hybridized carbons (Fsp3) is 0.391. The number of ether oxygens (including phenoxy) is 1. The molecule has 0 atom stereocenters. The second-order valence-electron chi connectivity index (χ2n) is 7.86. The molecule has 0 bridgehead atoms. The molecular weight excluding hydrogens is 432 g/mol. The minimum atomic E-state index is -0.734. The standard InChI is InChI=1S/C23H29ClN4O4/c1-15(2)11-12-25-23(31)26-20(29)14-32-21(30)10-9-19-17(4)27-28(22(19)24)13-18-7-5-16(3)6-8-18/h5-10,15H,11-14H2,1-4H3,(H2,25,26,29,31).